The van der Waals surface area contributed by atoms with E-state index in [4.69, 9.17) is 21.1 Å². The molecule has 194 valence electrons. The van der Waals surface area contributed by atoms with Crippen LogP contribution in [0, 0.1) is 6.92 Å². The SMILES string of the molecule is COc1cn(C(CCOC2CCC2)C(=O)Nc2ccc(C)cc2)c(=O)cc1-c1cc(Cl)ccc1C(C)=O. The number of nitrogens with zero attached hydrogens (tertiary/aromatic N) is 1. The summed E-state index contributed by atoms with van der Waals surface area (Å²) in [5, 5.41) is 3.34. The monoisotopic (exact) mass is 522 g/mol. The number of anilines is 1. The van der Waals surface area contributed by atoms with E-state index in [9.17, 15) is 14.4 Å². The largest absolute Gasteiger partial charge is 0.495 e. The summed E-state index contributed by atoms with van der Waals surface area (Å²) in [4.78, 5) is 39.1. The Labute approximate surface area is 221 Å². The second-order valence-electron chi connectivity index (χ2n) is 9.33. The first-order valence-electron chi connectivity index (χ1n) is 12.4. The van der Waals surface area contributed by atoms with Crippen LogP contribution in [0.25, 0.3) is 11.1 Å². The molecule has 1 atom stereocenters. The Hall–Kier alpha value is -3.42. The number of rotatable bonds is 10. The molecular formula is C29H31ClN2O5. The van der Waals surface area contributed by atoms with Crippen LogP contribution in [0.1, 0.15) is 54.6 Å². The highest BCUT2D eigenvalue weighted by Crippen LogP contribution is 2.34. The fourth-order valence-corrected chi connectivity index (χ4v) is 4.51. The maximum Gasteiger partial charge on any atom is 0.252 e. The van der Waals surface area contributed by atoms with Crippen LogP contribution >= 0.6 is 11.6 Å². The fourth-order valence-electron chi connectivity index (χ4n) is 4.33. The number of carbonyl (C=O) groups excluding carboxylic acids is 2. The minimum absolute atomic E-state index is 0.165. The number of hydrogen-bond donors (Lipinski definition) is 1. The van der Waals surface area contributed by atoms with Gasteiger partial charge >= 0.3 is 0 Å². The zero-order valence-corrected chi connectivity index (χ0v) is 22.0. The number of Topliss-reactive ketones (excluding diaryl/α,β-unsaturated/α-hetero) is 1. The number of amides is 1. The summed E-state index contributed by atoms with van der Waals surface area (Å²) in [6, 6.07) is 12.9. The molecule has 2 aromatic carbocycles. The number of methoxy groups -OCH3 is 1. The number of benzene rings is 2. The minimum Gasteiger partial charge on any atom is -0.495 e. The van der Waals surface area contributed by atoms with E-state index in [1.807, 2.05) is 31.2 Å². The van der Waals surface area contributed by atoms with Crippen molar-refractivity contribution in [1.29, 1.82) is 0 Å². The van der Waals surface area contributed by atoms with Crippen molar-refractivity contribution in [3.05, 3.63) is 81.2 Å². The molecule has 1 N–H and O–H groups in total. The van der Waals surface area contributed by atoms with E-state index in [1.165, 1.54) is 30.9 Å². The molecule has 37 heavy (non-hydrogen) atoms. The Morgan fingerprint density at radius 2 is 1.84 bits per heavy atom. The summed E-state index contributed by atoms with van der Waals surface area (Å²) < 4.78 is 12.9. The Balaban J connectivity index is 1.71. The van der Waals surface area contributed by atoms with Crippen molar-refractivity contribution in [1.82, 2.24) is 4.57 Å². The summed E-state index contributed by atoms with van der Waals surface area (Å²) in [6.07, 6.45) is 5.22. The molecule has 0 bridgehead atoms. The lowest BCUT2D eigenvalue weighted by Gasteiger charge is -2.27. The van der Waals surface area contributed by atoms with E-state index in [0.717, 1.165) is 24.8 Å². The third-order valence-electron chi connectivity index (χ3n) is 6.67. The van der Waals surface area contributed by atoms with Gasteiger partial charge in [-0.2, -0.15) is 0 Å². The summed E-state index contributed by atoms with van der Waals surface area (Å²) in [5.41, 5.74) is 2.66. The number of nitrogens with one attached hydrogen (secondary N) is 1. The Kier molecular flexibility index (Phi) is 8.46. The molecule has 1 heterocycles. The normalized spacial score (nSPS) is 14.1. The van der Waals surface area contributed by atoms with Crippen molar-refractivity contribution in [3.8, 4) is 16.9 Å². The molecule has 7 nitrogen and oxygen atoms in total. The zero-order valence-electron chi connectivity index (χ0n) is 21.3. The molecule has 1 aliphatic rings. The van der Waals surface area contributed by atoms with Crippen LogP contribution in [0.4, 0.5) is 5.69 Å². The van der Waals surface area contributed by atoms with Gasteiger partial charge in [-0.1, -0.05) is 29.3 Å². The Bertz CT molecular complexity index is 1350. The Morgan fingerprint density at radius 3 is 2.46 bits per heavy atom. The lowest BCUT2D eigenvalue weighted by atomic mass is 9.96. The summed E-state index contributed by atoms with van der Waals surface area (Å²) >= 11 is 6.21. The van der Waals surface area contributed by atoms with Gasteiger partial charge in [-0.15, -0.1) is 0 Å². The molecule has 1 fully saturated rings. The van der Waals surface area contributed by atoms with E-state index < -0.39 is 11.6 Å². The smallest absolute Gasteiger partial charge is 0.252 e. The predicted octanol–water partition coefficient (Wildman–Crippen LogP) is 5.83. The highest BCUT2D eigenvalue weighted by molar-refractivity contribution is 6.31. The first kappa shape index (κ1) is 26.6. The summed E-state index contributed by atoms with van der Waals surface area (Å²) in [7, 11) is 1.48. The van der Waals surface area contributed by atoms with Crippen LogP contribution in [0.15, 0.2) is 59.5 Å². The van der Waals surface area contributed by atoms with Crippen molar-refractivity contribution < 1.29 is 19.1 Å². The van der Waals surface area contributed by atoms with Crippen molar-refractivity contribution in [2.75, 3.05) is 19.0 Å². The number of pyridine rings is 1. The predicted molar refractivity (Wildman–Crippen MR) is 145 cm³/mol. The highest BCUT2D eigenvalue weighted by atomic mass is 35.5. The molecule has 8 heteroatoms. The van der Waals surface area contributed by atoms with Crippen molar-refractivity contribution in [2.24, 2.45) is 0 Å². The molecule has 1 aromatic heterocycles. The fraction of sp³-hybridized carbons (Fsp3) is 0.345. The maximum absolute atomic E-state index is 13.4. The molecule has 4 rings (SSSR count). The van der Waals surface area contributed by atoms with E-state index >= 15 is 0 Å². The number of carbonyl (C=O) groups is 2. The van der Waals surface area contributed by atoms with E-state index in [-0.39, 0.29) is 17.8 Å². The number of ketones is 1. The number of hydrogen-bond acceptors (Lipinski definition) is 5. The number of ether oxygens (including phenoxy) is 2. The number of aryl methyl sites for hydroxylation is 1. The molecule has 0 radical (unpaired) electrons. The van der Waals surface area contributed by atoms with Gasteiger partial charge in [0.2, 0.25) is 5.91 Å². The summed E-state index contributed by atoms with van der Waals surface area (Å²) in [5.74, 6) is -0.149. The van der Waals surface area contributed by atoms with Crippen LogP contribution in [0.2, 0.25) is 5.02 Å². The maximum atomic E-state index is 13.4. The van der Waals surface area contributed by atoms with Gasteiger partial charge in [0.1, 0.15) is 11.8 Å². The summed E-state index contributed by atoms with van der Waals surface area (Å²) in [6.45, 7) is 3.76. The first-order valence-corrected chi connectivity index (χ1v) is 12.7. The van der Waals surface area contributed by atoms with Crippen molar-refractivity contribution in [2.45, 2.75) is 51.7 Å². The standard InChI is InChI=1S/C29H31ClN2O5/c1-18-7-10-21(11-8-18)31-29(35)26(13-14-37-22-5-4-6-22)32-17-27(36-3)25(16-28(32)34)24-15-20(30)9-12-23(24)19(2)33/h7-12,15-17,22,26H,4-6,13-14H2,1-3H3,(H,31,35). The quantitative estimate of drug-likeness (QED) is 0.339. The lowest BCUT2D eigenvalue weighted by Crippen LogP contribution is -2.34. The second-order valence-corrected chi connectivity index (χ2v) is 9.77. The van der Waals surface area contributed by atoms with Gasteiger partial charge in [-0.25, -0.2) is 0 Å². The number of aromatic nitrogens is 1. The molecule has 0 saturated heterocycles. The zero-order chi connectivity index (χ0) is 26.5. The highest BCUT2D eigenvalue weighted by Gasteiger charge is 2.26. The van der Waals surface area contributed by atoms with Gasteiger partial charge in [0, 0.05) is 40.9 Å². The van der Waals surface area contributed by atoms with E-state index in [1.54, 1.807) is 18.2 Å². The van der Waals surface area contributed by atoms with Gasteiger partial charge in [-0.3, -0.25) is 19.0 Å². The van der Waals surface area contributed by atoms with Gasteiger partial charge in [0.05, 0.1) is 19.4 Å². The van der Waals surface area contributed by atoms with Gasteiger partial charge in [-0.05, 0) is 69.0 Å². The van der Waals surface area contributed by atoms with Gasteiger partial charge < -0.3 is 14.8 Å². The third-order valence-corrected chi connectivity index (χ3v) is 6.90. The van der Waals surface area contributed by atoms with Gasteiger partial charge in [0.15, 0.2) is 5.78 Å². The average molecular weight is 523 g/mol. The van der Waals surface area contributed by atoms with E-state index in [2.05, 4.69) is 5.32 Å². The molecule has 0 aliphatic heterocycles. The average Bonchev–Trinajstić information content (AvgIpc) is 2.84. The first-order chi connectivity index (χ1) is 17.8. The van der Waals surface area contributed by atoms with E-state index in [0.29, 0.717) is 46.2 Å². The third kappa shape index (κ3) is 6.29. The van der Waals surface area contributed by atoms with Crippen molar-refractivity contribution in [3.63, 3.8) is 0 Å². The molecule has 1 unspecified atom stereocenters. The number of halogens is 1. The molecular weight excluding hydrogens is 492 g/mol. The van der Waals surface area contributed by atoms with Crippen LogP contribution in [-0.2, 0) is 9.53 Å². The molecule has 1 aliphatic carbocycles. The molecule has 3 aromatic rings. The molecule has 0 spiro atoms. The second kappa shape index (κ2) is 11.8. The Morgan fingerprint density at radius 1 is 1.11 bits per heavy atom. The topological polar surface area (TPSA) is 86.6 Å². The molecule has 1 saturated carbocycles. The van der Waals surface area contributed by atoms with Crippen LogP contribution < -0.4 is 15.6 Å². The van der Waals surface area contributed by atoms with Gasteiger partial charge in [0.25, 0.3) is 5.56 Å². The van der Waals surface area contributed by atoms with Crippen LogP contribution in [0.3, 0.4) is 0 Å². The van der Waals surface area contributed by atoms with Crippen LogP contribution in [0.5, 0.6) is 5.75 Å². The van der Waals surface area contributed by atoms with Crippen LogP contribution in [-0.4, -0.2) is 36.1 Å². The minimum atomic E-state index is -0.830. The lowest BCUT2D eigenvalue weighted by molar-refractivity contribution is -0.120. The van der Waals surface area contributed by atoms with Crippen molar-refractivity contribution >= 4 is 29.0 Å². The molecule has 1 amide bonds.